The van der Waals surface area contributed by atoms with Crippen LogP contribution in [-0.4, -0.2) is 17.8 Å². The Bertz CT molecular complexity index is 933. The van der Waals surface area contributed by atoms with Crippen molar-refractivity contribution >= 4 is 29.6 Å². The lowest BCUT2D eigenvalue weighted by molar-refractivity contribution is -0.122. The van der Waals surface area contributed by atoms with Crippen LogP contribution in [0, 0.1) is 27.7 Å². The first kappa shape index (κ1) is 17.6. The fourth-order valence-corrected chi connectivity index (χ4v) is 3.15. The molecule has 3 rings (SSSR count). The van der Waals surface area contributed by atoms with E-state index in [4.69, 9.17) is 0 Å². The average Bonchev–Trinajstić information content (AvgIpc) is 2.54. The predicted octanol–water partition coefficient (Wildman–Crippen LogP) is 3.59. The first-order chi connectivity index (χ1) is 12.3. The highest BCUT2D eigenvalue weighted by Crippen LogP contribution is 2.25. The molecule has 0 unspecified atom stereocenters. The van der Waals surface area contributed by atoms with E-state index < -0.39 is 17.8 Å². The van der Waals surface area contributed by atoms with Gasteiger partial charge in [0, 0.05) is 0 Å². The number of barbiturate groups is 1. The second-order valence-corrected chi connectivity index (χ2v) is 6.61. The third-order valence-electron chi connectivity index (χ3n) is 4.42. The summed E-state index contributed by atoms with van der Waals surface area (Å²) >= 11 is 0. The minimum Gasteiger partial charge on any atom is -0.273 e. The van der Waals surface area contributed by atoms with Crippen molar-refractivity contribution in [1.82, 2.24) is 5.32 Å². The topological polar surface area (TPSA) is 66.5 Å². The van der Waals surface area contributed by atoms with Crippen LogP contribution in [0.2, 0.25) is 0 Å². The first-order valence-corrected chi connectivity index (χ1v) is 8.34. The fraction of sp³-hybridized carbons (Fsp3) is 0.190. The minimum absolute atomic E-state index is 0.0553. The number of aryl methyl sites for hydroxylation is 4. The van der Waals surface area contributed by atoms with Crippen molar-refractivity contribution in [3.05, 3.63) is 69.8 Å². The second kappa shape index (κ2) is 6.59. The van der Waals surface area contributed by atoms with Crippen molar-refractivity contribution in [3.63, 3.8) is 0 Å². The van der Waals surface area contributed by atoms with E-state index in [1.165, 1.54) is 0 Å². The zero-order valence-corrected chi connectivity index (χ0v) is 15.2. The molecule has 26 heavy (non-hydrogen) atoms. The van der Waals surface area contributed by atoms with Gasteiger partial charge in [-0.2, -0.15) is 0 Å². The number of urea groups is 1. The molecule has 5 nitrogen and oxygen atoms in total. The molecule has 2 aromatic rings. The molecular formula is C21H20N2O3. The molecular weight excluding hydrogens is 328 g/mol. The van der Waals surface area contributed by atoms with Crippen LogP contribution in [0.25, 0.3) is 6.08 Å². The largest absolute Gasteiger partial charge is 0.335 e. The van der Waals surface area contributed by atoms with E-state index in [0.717, 1.165) is 32.7 Å². The number of hydrogen-bond donors (Lipinski definition) is 1. The van der Waals surface area contributed by atoms with Crippen molar-refractivity contribution in [2.75, 3.05) is 4.90 Å². The second-order valence-electron chi connectivity index (χ2n) is 6.61. The number of carbonyl (C=O) groups is 3. The molecule has 1 saturated heterocycles. The van der Waals surface area contributed by atoms with Crippen LogP contribution in [0.3, 0.4) is 0 Å². The van der Waals surface area contributed by atoms with E-state index >= 15 is 0 Å². The first-order valence-electron chi connectivity index (χ1n) is 8.34. The number of rotatable bonds is 2. The van der Waals surface area contributed by atoms with Crippen LogP contribution in [-0.2, 0) is 9.59 Å². The van der Waals surface area contributed by atoms with Gasteiger partial charge < -0.3 is 0 Å². The molecule has 0 spiro atoms. The maximum atomic E-state index is 12.9. The number of imide groups is 2. The van der Waals surface area contributed by atoms with Crippen LogP contribution in [0.1, 0.15) is 27.8 Å². The Morgan fingerprint density at radius 1 is 0.846 bits per heavy atom. The molecule has 1 aliphatic rings. The highest BCUT2D eigenvalue weighted by atomic mass is 16.2. The number of hydrogen-bond acceptors (Lipinski definition) is 3. The summed E-state index contributed by atoms with van der Waals surface area (Å²) in [4.78, 5) is 38.4. The molecule has 0 aromatic heterocycles. The monoisotopic (exact) mass is 348 g/mol. The van der Waals surface area contributed by atoms with Crippen LogP contribution < -0.4 is 10.2 Å². The summed E-state index contributed by atoms with van der Waals surface area (Å²) in [5.74, 6) is -1.30. The zero-order valence-electron chi connectivity index (χ0n) is 15.2. The van der Waals surface area contributed by atoms with Gasteiger partial charge in [0.15, 0.2) is 0 Å². The third-order valence-corrected chi connectivity index (χ3v) is 4.42. The molecule has 5 heteroatoms. The van der Waals surface area contributed by atoms with Gasteiger partial charge in [0.2, 0.25) is 0 Å². The summed E-state index contributed by atoms with van der Waals surface area (Å²) in [5, 5.41) is 2.25. The van der Waals surface area contributed by atoms with Crippen LogP contribution >= 0.6 is 0 Å². The summed E-state index contributed by atoms with van der Waals surface area (Å²) in [6, 6.07) is 10.2. The standard InChI is InChI=1S/C21H20N2O3/c1-12-5-7-16(8-6-12)23-20(25)18(19(24)22-21(23)26)11-17-14(3)9-13(2)10-15(17)4/h5-11H,1-4H3,(H,22,24,26)/b18-11+. The van der Waals surface area contributed by atoms with Gasteiger partial charge in [-0.1, -0.05) is 35.4 Å². The van der Waals surface area contributed by atoms with E-state index in [2.05, 4.69) is 5.32 Å². The Kier molecular flexibility index (Phi) is 4.47. The van der Waals surface area contributed by atoms with E-state index in [0.29, 0.717) is 5.69 Å². The van der Waals surface area contributed by atoms with Gasteiger partial charge in [-0.05, 0) is 62.6 Å². The highest BCUT2D eigenvalue weighted by molar-refractivity contribution is 6.39. The summed E-state index contributed by atoms with van der Waals surface area (Å²) < 4.78 is 0. The molecule has 0 radical (unpaired) electrons. The van der Waals surface area contributed by atoms with E-state index in [1.807, 2.05) is 52.0 Å². The summed E-state index contributed by atoms with van der Waals surface area (Å²) in [7, 11) is 0. The summed E-state index contributed by atoms with van der Waals surface area (Å²) in [5.41, 5.74) is 5.24. The van der Waals surface area contributed by atoms with E-state index in [-0.39, 0.29) is 5.57 Å². The van der Waals surface area contributed by atoms with E-state index in [9.17, 15) is 14.4 Å². The maximum Gasteiger partial charge on any atom is 0.335 e. The molecule has 132 valence electrons. The Balaban J connectivity index is 2.07. The molecule has 0 atom stereocenters. The van der Waals surface area contributed by atoms with Crippen LogP contribution in [0.4, 0.5) is 10.5 Å². The maximum absolute atomic E-state index is 12.9. The van der Waals surface area contributed by atoms with Gasteiger partial charge in [0.1, 0.15) is 5.57 Å². The molecule has 2 aromatic carbocycles. The number of carbonyl (C=O) groups excluding carboxylic acids is 3. The molecule has 0 aliphatic carbocycles. The van der Waals surface area contributed by atoms with Gasteiger partial charge in [0.05, 0.1) is 5.69 Å². The average molecular weight is 348 g/mol. The summed E-state index contributed by atoms with van der Waals surface area (Å²) in [6.45, 7) is 7.77. The van der Waals surface area contributed by atoms with E-state index in [1.54, 1.807) is 18.2 Å². The number of nitrogens with one attached hydrogen (secondary N) is 1. The van der Waals surface area contributed by atoms with Crippen molar-refractivity contribution in [2.45, 2.75) is 27.7 Å². The van der Waals surface area contributed by atoms with Crippen LogP contribution in [0.5, 0.6) is 0 Å². The number of amides is 4. The number of anilines is 1. The Labute approximate surface area is 152 Å². The number of benzene rings is 2. The van der Waals surface area contributed by atoms with Crippen LogP contribution in [0.15, 0.2) is 42.0 Å². The highest BCUT2D eigenvalue weighted by Gasteiger charge is 2.36. The van der Waals surface area contributed by atoms with Crippen molar-refractivity contribution in [2.24, 2.45) is 0 Å². The Morgan fingerprint density at radius 2 is 1.42 bits per heavy atom. The molecule has 0 bridgehead atoms. The lowest BCUT2D eigenvalue weighted by Gasteiger charge is -2.26. The Morgan fingerprint density at radius 3 is 2.00 bits per heavy atom. The van der Waals surface area contributed by atoms with Gasteiger partial charge >= 0.3 is 6.03 Å². The SMILES string of the molecule is Cc1ccc(N2C(=O)NC(=O)/C(=C\c3c(C)cc(C)cc3C)C2=O)cc1. The van der Waals surface area contributed by atoms with Gasteiger partial charge in [-0.3, -0.25) is 14.9 Å². The van der Waals surface area contributed by atoms with Crippen molar-refractivity contribution in [1.29, 1.82) is 0 Å². The molecule has 1 heterocycles. The van der Waals surface area contributed by atoms with Crippen molar-refractivity contribution < 1.29 is 14.4 Å². The Hall–Kier alpha value is -3.21. The predicted molar refractivity (Wildman–Crippen MR) is 101 cm³/mol. The molecule has 1 N–H and O–H groups in total. The zero-order chi connectivity index (χ0) is 19.0. The van der Waals surface area contributed by atoms with Crippen molar-refractivity contribution in [3.8, 4) is 0 Å². The number of nitrogens with zero attached hydrogens (tertiary/aromatic N) is 1. The lowest BCUT2D eigenvalue weighted by Crippen LogP contribution is -2.54. The molecule has 4 amide bonds. The third kappa shape index (κ3) is 3.16. The smallest absolute Gasteiger partial charge is 0.273 e. The van der Waals surface area contributed by atoms with Gasteiger partial charge in [-0.25, -0.2) is 9.69 Å². The molecule has 1 fully saturated rings. The lowest BCUT2D eigenvalue weighted by atomic mass is 9.96. The summed E-state index contributed by atoms with van der Waals surface area (Å²) in [6.07, 6.45) is 1.56. The minimum atomic E-state index is -0.738. The molecule has 0 saturated carbocycles. The fourth-order valence-electron chi connectivity index (χ4n) is 3.15. The molecule has 1 aliphatic heterocycles. The quantitative estimate of drug-likeness (QED) is 0.666. The van der Waals surface area contributed by atoms with Gasteiger partial charge in [-0.15, -0.1) is 0 Å². The normalized spacial score (nSPS) is 16.2. The van der Waals surface area contributed by atoms with Gasteiger partial charge in [0.25, 0.3) is 11.8 Å².